The Kier molecular flexibility index (Phi) is 5.85. The average Bonchev–Trinajstić information content (AvgIpc) is 2.87. The second kappa shape index (κ2) is 8.53. The number of aliphatic carboxylic acids is 1. The van der Waals surface area contributed by atoms with Gasteiger partial charge in [0.15, 0.2) is 0 Å². The van der Waals surface area contributed by atoms with Crippen LogP contribution in [0.1, 0.15) is 49.7 Å². The Morgan fingerprint density at radius 1 is 1.07 bits per heavy atom. The second-order valence-corrected chi connectivity index (χ2v) is 8.45. The van der Waals surface area contributed by atoms with Crippen LogP contribution in [0.25, 0.3) is 0 Å². The third-order valence-corrected chi connectivity index (χ3v) is 6.61. The lowest BCUT2D eigenvalue weighted by Gasteiger charge is -2.33. The zero-order chi connectivity index (χ0) is 20.4. The first-order valence-electron chi connectivity index (χ1n) is 10.7. The highest BCUT2D eigenvalue weighted by Gasteiger charge is 2.41. The minimum atomic E-state index is -0.750. The van der Waals surface area contributed by atoms with Crippen molar-refractivity contribution in [3.05, 3.63) is 29.3 Å². The van der Waals surface area contributed by atoms with Crippen LogP contribution >= 0.6 is 0 Å². The summed E-state index contributed by atoms with van der Waals surface area (Å²) in [5, 5.41) is 12.2. The molecule has 2 aliphatic heterocycles. The van der Waals surface area contributed by atoms with Crippen LogP contribution in [0, 0.1) is 5.92 Å². The molecule has 1 aromatic rings. The standard InChI is InChI=1S/C22H29N3O4/c26-20-14-24(18-5-1-15(2-6-18)3-8-21(27)28)22(29)25(20)19-7-4-16-9-11-23-12-10-17(16)13-19/h4,7,13,15,18,23H,1-3,5-6,8-12,14H2,(H,27,28). The number of carboxylic acid groups (broad SMARTS) is 1. The van der Waals surface area contributed by atoms with Crippen LogP contribution in [0.15, 0.2) is 18.2 Å². The summed E-state index contributed by atoms with van der Waals surface area (Å²) in [5.74, 6) is -0.501. The van der Waals surface area contributed by atoms with Crippen molar-refractivity contribution in [1.29, 1.82) is 0 Å². The molecular weight excluding hydrogens is 370 g/mol. The van der Waals surface area contributed by atoms with Gasteiger partial charge in [-0.05, 0) is 87.2 Å². The number of carboxylic acids is 1. The van der Waals surface area contributed by atoms with Crippen LogP contribution < -0.4 is 10.2 Å². The van der Waals surface area contributed by atoms with E-state index in [9.17, 15) is 14.4 Å². The van der Waals surface area contributed by atoms with Crippen molar-refractivity contribution < 1.29 is 19.5 Å². The van der Waals surface area contributed by atoms with Gasteiger partial charge in [0.2, 0.25) is 0 Å². The van der Waals surface area contributed by atoms with E-state index in [1.165, 1.54) is 16.0 Å². The minimum absolute atomic E-state index is 0.0718. The maximum absolute atomic E-state index is 13.1. The zero-order valence-corrected chi connectivity index (χ0v) is 16.7. The van der Waals surface area contributed by atoms with E-state index < -0.39 is 5.97 Å². The van der Waals surface area contributed by atoms with E-state index in [1.807, 2.05) is 12.1 Å². The number of imide groups is 1. The topological polar surface area (TPSA) is 89.9 Å². The molecule has 7 heteroatoms. The van der Waals surface area contributed by atoms with Gasteiger partial charge in [0.1, 0.15) is 6.54 Å². The molecule has 2 N–H and O–H groups in total. The Morgan fingerprint density at radius 3 is 2.52 bits per heavy atom. The summed E-state index contributed by atoms with van der Waals surface area (Å²) in [4.78, 5) is 39.6. The lowest BCUT2D eigenvalue weighted by Crippen LogP contribution is -2.41. The Balaban J connectivity index is 1.42. The third-order valence-electron chi connectivity index (χ3n) is 6.61. The average molecular weight is 399 g/mol. The number of carbonyl (C=O) groups is 3. The normalized spacial score (nSPS) is 25.1. The SMILES string of the molecule is O=C(O)CCC1CCC(N2CC(=O)N(c3ccc4c(c3)CCNCC4)C2=O)CC1. The van der Waals surface area contributed by atoms with Gasteiger partial charge in [0.05, 0.1) is 5.69 Å². The summed E-state index contributed by atoms with van der Waals surface area (Å²) in [7, 11) is 0. The monoisotopic (exact) mass is 399 g/mol. The number of urea groups is 1. The van der Waals surface area contributed by atoms with Gasteiger partial charge in [-0.15, -0.1) is 0 Å². The fourth-order valence-corrected chi connectivity index (χ4v) is 4.93. The van der Waals surface area contributed by atoms with Gasteiger partial charge in [-0.2, -0.15) is 0 Å². The highest BCUT2D eigenvalue weighted by Crippen LogP contribution is 2.34. The number of carbonyl (C=O) groups excluding carboxylic acids is 2. The van der Waals surface area contributed by atoms with Gasteiger partial charge in [-0.1, -0.05) is 6.07 Å². The van der Waals surface area contributed by atoms with Gasteiger partial charge in [0.25, 0.3) is 5.91 Å². The summed E-state index contributed by atoms with van der Waals surface area (Å²) in [6, 6.07) is 5.81. The number of hydrogen-bond donors (Lipinski definition) is 2. The van der Waals surface area contributed by atoms with Crippen LogP contribution in [-0.4, -0.2) is 53.6 Å². The highest BCUT2D eigenvalue weighted by atomic mass is 16.4. The molecule has 0 aromatic heterocycles. The van der Waals surface area contributed by atoms with Crippen LogP contribution in [0.4, 0.5) is 10.5 Å². The van der Waals surface area contributed by atoms with Crippen LogP contribution in [0.5, 0.6) is 0 Å². The Bertz CT molecular complexity index is 801. The molecule has 0 bridgehead atoms. The molecule has 0 spiro atoms. The number of hydrogen-bond acceptors (Lipinski definition) is 4. The maximum atomic E-state index is 13.1. The molecule has 3 aliphatic rings. The summed E-state index contributed by atoms with van der Waals surface area (Å²) in [6.45, 7) is 2.01. The largest absolute Gasteiger partial charge is 0.481 e. The van der Waals surface area contributed by atoms with Gasteiger partial charge in [0, 0.05) is 12.5 Å². The molecule has 1 aliphatic carbocycles. The van der Waals surface area contributed by atoms with Gasteiger partial charge in [-0.3, -0.25) is 9.59 Å². The number of anilines is 1. The maximum Gasteiger partial charge on any atom is 0.332 e. The molecule has 4 rings (SSSR count). The summed E-state index contributed by atoms with van der Waals surface area (Å²) in [5.41, 5.74) is 3.18. The lowest BCUT2D eigenvalue weighted by atomic mass is 9.83. The van der Waals surface area contributed by atoms with Crippen LogP contribution in [0.3, 0.4) is 0 Å². The Labute approximate surface area is 171 Å². The summed E-state index contributed by atoms with van der Waals surface area (Å²) in [6.07, 6.45) is 6.30. The predicted octanol–water partition coefficient (Wildman–Crippen LogP) is 2.57. The van der Waals surface area contributed by atoms with E-state index in [0.717, 1.165) is 51.6 Å². The second-order valence-electron chi connectivity index (χ2n) is 8.45. The summed E-state index contributed by atoms with van der Waals surface area (Å²) >= 11 is 0. The zero-order valence-electron chi connectivity index (χ0n) is 16.7. The van der Waals surface area contributed by atoms with Crippen LogP contribution in [-0.2, 0) is 22.4 Å². The van der Waals surface area contributed by atoms with Gasteiger partial charge < -0.3 is 15.3 Å². The van der Waals surface area contributed by atoms with Crippen molar-refractivity contribution >= 4 is 23.6 Å². The van der Waals surface area contributed by atoms with Crippen molar-refractivity contribution in [2.24, 2.45) is 5.92 Å². The molecule has 0 atom stereocenters. The Hall–Kier alpha value is -2.41. The smallest absolute Gasteiger partial charge is 0.332 e. The summed E-state index contributed by atoms with van der Waals surface area (Å²) < 4.78 is 0. The molecule has 0 unspecified atom stereocenters. The van der Waals surface area contributed by atoms with Crippen molar-refractivity contribution in [2.45, 2.75) is 57.4 Å². The highest BCUT2D eigenvalue weighted by molar-refractivity contribution is 6.19. The molecule has 29 heavy (non-hydrogen) atoms. The molecule has 1 saturated carbocycles. The number of rotatable bonds is 5. The number of nitrogens with zero attached hydrogens (tertiary/aromatic N) is 2. The molecule has 3 amide bonds. The molecule has 1 aromatic carbocycles. The van der Waals surface area contributed by atoms with Gasteiger partial charge in [-0.25, -0.2) is 9.69 Å². The van der Waals surface area contributed by atoms with Crippen molar-refractivity contribution in [3.63, 3.8) is 0 Å². The Morgan fingerprint density at radius 2 is 1.79 bits per heavy atom. The molecule has 0 radical (unpaired) electrons. The molecule has 2 heterocycles. The first-order valence-corrected chi connectivity index (χ1v) is 10.7. The quantitative estimate of drug-likeness (QED) is 0.743. The minimum Gasteiger partial charge on any atom is -0.481 e. The molecule has 1 saturated heterocycles. The van der Waals surface area contributed by atoms with Gasteiger partial charge >= 0.3 is 12.0 Å². The van der Waals surface area contributed by atoms with E-state index in [2.05, 4.69) is 11.4 Å². The molecule has 2 fully saturated rings. The molecule has 156 valence electrons. The van der Waals surface area contributed by atoms with E-state index in [-0.39, 0.29) is 30.9 Å². The first-order chi connectivity index (χ1) is 14.0. The third kappa shape index (κ3) is 4.29. The number of fused-ring (bicyclic) bond motifs is 1. The first kappa shape index (κ1) is 19.9. The fraction of sp³-hybridized carbons (Fsp3) is 0.591. The molecular formula is C22H29N3O4. The van der Waals surface area contributed by atoms with E-state index in [0.29, 0.717) is 18.0 Å². The van der Waals surface area contributed by atoms with Crippen molar-refractivity contribution in [3.8, 4) is 0 Å². The number of benzene rings is 1. The van der Waals surface area contributed by atoms with E-state index >= 15 is 0 Å². The predicted molar refractivity (Wildman–Crippen MR) is 109 cm³/mol. The number of amides is 3. The van der Waals surface area contributed by atoms with Crippen molar-refractivity contribution in [2.75, 3.05) is 24.5 Å². The van der Waals surface area contributed by atoms with E-state index in [4.69, 9.17) is 5.11 Å². The fourth-order valence-electron chi connectivity index (χ4n) is 4.93. The van der Waals surface area contributed by atoms with E-state index in [1.54, 1.807) is 4.90 Å². The molecule has 7 nitrogen and oxygen atoms in total. The number of nitrogens with one attached hydrogen (secondary N) is 1. The van der Waals surface area contributed by atoms with Crippen LogP contribution in [0.2, 0.25) is 0 Å². The van der Waals surface area contributed by atoms with Crippen molar-refractivity contribution in [1.82, 2.24) is 10.2 Å². The lowest BCUT2D eigenvalue weighted by molar-refractivity contribution is -0.137.